The van der Waals surface area contributed by atoms with E-state index in [0.717, 1.165) is 10.0 Å². The molecule has 1 atom stereocenters. The van der Waals surface area contributed by atoms with Crippen LogP contribution in [0.1, 0.15) is 16.4 Å². The highest BCUT2D eigenvalue weighted by molar-refractivity contribution is 9.10. The van der Waals surface area contributed by atoms with E-state index in [1.165, 1.54) is 11.8 Å². The van der Waals surface area contributed by atoms with Crippen LogP contribution in [0.5, 0.6) is 0 Å². The van der Waals surface area contributed by atoms with Gasteiger partial charge in [0.2, 0.25) is 5.91 Å². The van der Waals surface area contributed by atoms with E-state index in [1.54, 1.807) is 18.3 Å². The smallest absolute Gasteiger partial charge is 0.235 e. The number of aromatic nitrogens is 1. The number of hydrogen-bond acceptors (Lipinski definition) is 4. The van der Waals surface area contributed by atoms with Gasteiger partial charge in [-0.15, -0.1) is 0 Å². The van der Waals surface area contributed by atoms with Gasteiger partial charge in [0.25, 0.3) is 0 Å². The number of benzene rings is 1. The molecule has 0 radical (unpaired) electrons. The number of hydrogen-bond donors (Lipinski definition) is 1. The van der Waals surface area contributed by atoms with Gasteiger partial charge in [-0.3, -0.25) is 4.79 Å². The summed E-state index contributed by atoms with van der Waals surface area (Å²) in [7, 11) is 0. The molecule has 0 bridgehead atoms. The lowest BCUT2D eigenvalue weighted by atomic mass is 10.1. The van der Waals surface area contributed by atoms with Crippen LogP contribution in [0.15, 0.2) is 52.1 Å². The third-order valence-electron chi connectivity index (χ3n) is 2.53. The summed E-state index contributed by atoms with van der Waals surface area (Å²) >= 11 is 4.58. The molecule has 0 aliphatic rings. The van der Waals surface area contributed by atoms with E-state index < -0.39 is 11.2 Å². The summed E-state index contributed by atoms with van der Waals surface area (Å²) < 4.78 is 0.930. The second-order valence-electron chi connectivity index (χ2n) is 3.95. The minimum absolute atomic E-state index is 0.443. The van der Waals surface area contributed by atoms with E-state index in [2.05, 4.69) is 20.9 Å². The topological polar surface area (TPSA) is 79.8 Å². The van der Waals surface area contributed by atoms with Gasteiger partial charge in [-0.25, -0.2) is 4.98 Å². The molecule has 0 aliphatic heterocycles. The number of halogens is 1. The molecule has 1 unspecified atom stereocenters. The fourth-order valence-electron chi connectivity index (χ4n) is 1.59. The van der Waals surface area contributed by atoms with Crippen molar-refractivity contribution in [2.24, 2.45) is 5.73 Å². The highest BCUT2D eigenvalue weighted by Gasteiger charge is 2.20. The second-order valence-corrected chi connectivity index (χ2v) is 5.99. The fourth-order valence-corrected chi connectivity index (χ4v) is 2.82. The highest BCUT2D eigenvalue weighted by atomic mass is 79.9. The lowest BCUT2D eigenvalue weighted by Gasteiger charge is -2.13. The van der Waals surface area contributed by atoms with Crippen molar-refractivity contribution in [3.63, 3.8) is 0 Å². The van der Waals surface area contributed by atoms with E-state index >= 15 is 0 Å². The van der Waals surface area contributed by atoms with Crippen molar-refractivity contribution in [3.8, 4) is 6.07 Å². The van der Waals surface area contributed by atoms with E-state index in [0.29, 0.717) is 10.6 Å². The number of rotatable bonds is 4. The van der Waals surface area contributed by atoms with Gasteiger partial charge in [0.05, 0.1) is 16.7 Å². The van der Waals surface area contributed by atoms with Crippen LogP contribution in [0, 0.1) is 11.3 Å². The average molecular weight is 348 g/mol. The number of nitriles is 1. The molecule has 1 aromatic carbocycles. The molecule has 0 spiro atoms. The van der Waals surface area contributed by atoms with Crippen molar-refractivity contribution in [2.45, 2.75) is 10.3 Å². The van der Waals surface area contributed by atoms with Crippen LogP contribution in [-0.2, 0) is 4.79 Å². The Labute approximate surface area is 129 Å². The highest BCUT2D eigenvalue weighted by Crippen LogP contribution is 2.34. The molecular weight excluding hydrogens is 338 g/mol. The Hall–Kier alpha value is -1.84. The first-order valence-corrected chi connectivity index (χ1v) is 7.35. The summed E-state index contributed by atoms with van der Waals surface area (Å²) in [6.45, 7) is 0. The summed E-state index contributed by atoms with van der Waals surface area (Å²) in [5.74, 6) is -0.443. The predicted molar refractivity (Wildman–Crippen MR) is 80.9 cm³/mol. The lowest BCUT2D eigenvalue weighted by Crippen LogP contribution is -2.19. The molecule has 100 valence electrons. The quantitative estimate of drug-likeness (QED) is 0.862. The van der Waals surface area contributed by atoms with E-state index in [1.807, 2.05) is 30.3 Å². The predicted octanol–water partition coefficient (Wildman–Crippen LogP) is 3.03. The van der Waals surface area contributed by atoms with E-state index in [9.17, 15) is 4.79 Å². The summed E-state index contributed by atoms with van der Waals surface area (Å²) in [5.41, 5.74) is 6.76. The molecular formula is C14H10BrN3OS. The Morgan fingerprint density at radius 2 is 2.05 bits per heavy atom. The van der Waals surface area contributed by atoms with Crippen molar-refractivity contribution in [1.82, 2.24) is 4.98 Å². The second kappa shape index (κ2) is 6.55. The van der Waals surface area contributed by atoms with Gasteiger partial charge in [0.15, 0.2) is 0 Å². The maximum absolute atomic E-state index is 11.6. The Morgan fingerprint density at radius 1 is 1.35 bits per heavy atom. The summed E-state index contributed by atoms with van der Waals surface area (Å²) in [6.07, 6.45) is 1.54. The van der Waals surface area contributed by atoms with Gasteiger partial charge in [0.1, 0.15) is 5.25 Å². The maximum atomic E-state index is 11.6. The average Bonchev–Trinajstić information content (AvgIpc) is 2.46. The molecule has 0 saturated carbocycles. The van der Waals surface area contributed by atoms with Crippen LogP contribution >= 0.6 is 27.7 Å². The third-order valence-corrected chi connectivity index (χ3v) is 4.27. The molecule has 0 aliphatic carbocycles. The molecule has 4 nitrogen and oxygen atoms in total. The monoisotopic (exact) mass is 347 g/mol. The maximum Gasteiger partial charge on any atom is 0.235 e. The Balaban J connectivity index is 2.28. The standard InChI is InChI=1S/C14H10BrN3OS/c15-11-3-1-10(2-4-11)13(14(17)19)20-12-7-9(8-16)5-6-18-12/h1-7,13H,(H2,17,19). The molecule has 0 fully saturated rings. The number of nitrogens with zero attached hydrogens (tertiary/aromatic N) is 2. The van der Waals surface area contributed by atoms with Crippen LogP contribution in [0.2, 0.25) is 0 Å². The zero-order valence-corrected chi connectivity index (χ0v) is 12.7. The van der Waals surface area contributed by atoms with Crippen molar-refractivity contribution >= 4 is 33.6 Å². The van der Waals surface area contributed by atoms with Gasteiger partial charge in [0, 0.05) is 10.7 Å². The van der Waals surface area contributed by atoms with Crippen LogP contribution in [0.3, 0.4) is 0 Å². The zero-order valence-electron chi connectivity index (χ0n) is 10.3. The van der Waals surface area contributed by atoms with E-state index in [-0.39, 0.29) is 0 Å². The number of thioether (sulfide) groups is 1. The number of carbonyl (C=O) groups excluding carboxylic acids is 1. The molecule has 2 aromatic rings. The third kappa shape index (κ3) is 3.59. The normalized spacial score (nSPS) is 11.6. The van der Waals surface area contributed by atoms with Gasteiger partial charge < -0.3 is 5.73 Å². The lowest BCUT2D eigenvalue weighted by molar-refractivity contribution is -0.117. The van der Waals surface area contributed by atoms with Gasteiger partial charge in [-0.1, -0.05) is 39.8 Å². The Kier molecular flexibility index (Phi) is 4.77. The molecule has 20 heavy (non-hydrogen) atoms. The minimum Gasteiger partial charge on any atom is -0.368 e. The molecule has 2 N–H and O–H groups in total. The minimum atomic E-state index is -0.537. The SMILES string of the molecule is N#Cc1ccnc(SC(C(N)=O)c2ccc(Br)cc2)c1. The van der Waals surface area contributed by atoms with Gasteiger partial charge in [-0.2, -0.15) is 5.26 Å². The summed E-state index contributed by atoms with van der Waals surface area (Å²) in [5, 5.41) is 8.92. The van der Waals surface area contributed by atoms with Gasteiger partial charge in [-0.05, 0) is 29.8 Å². The van der Waals surface area contributed by atoms with Crippen molar-refractivity contribution in [3.05, 3.63) is 58.2 Å². The zero-order chi connectivity index (χ0) is 14.5. The number of carbonyl (C=O) groups is 1. The first-order valence-electron chi connectivity index (χ1n) is 5.68. The number of amides is 1. The first kappa shape index (κ1) is 14.6. The molecule has 2 rings (SSSR count). The molecule has 1 aromatic heterocycles. The molecule has 1 heterocycles. The first-order chi connectivity index (χ1) is 9.60. The Morgan fingerprint density at radius 3 is 2.65 bits per heavy atom. The van der Waals surface area contributed by atoms with Gasteiger partial charge >= 0.3 is 0 Å². The van der Waals surface area contributed by atoms with Crippen LogP contribution in [-0.4, -0.2) is 10.9 Å². The van der Waals surface area contributed by atoms with Crippen LogP contribution < -0.4 is 5.73 Å². The van der Waals surface area contributed by atoms with Crippen molar-refractivity contribution < 1.29 is 4.79 Å². The fraction of sp³-hybridized carbons (Fsp3) is 0.0714. The summed E-state index contributed by atoms with van der Waals surface area (Å²) in [4.78, 5) is 15.8. The Bertz CT molecular complexity index is 667. The largest absolute Gasteiger partial charge is 0.368 e. The molecule has 6 heteroatoms. The number of pyridine rings is 1. The number of primary amides is 1. The van der Waals surface area contributed by atoms with Crippen molar-refractivity contribution in [1.29, 1.82) is 5.26 Å². The number of nitrogens with two attached hydrogens (primary N) is 1. The molecule has 0 saturated heterocycles. The van der Waals surface area contributed by atoms with Crippen LogP contribution in [0.25, 0.3) is 0 Å². The van der Waals surface area contributed by atoms with Crippen LogP contribution in [0.4, 0.5) is 0 Å². The van der Waals surface area contributed by atoms with E-state index in [4.69, 9.17) is 11.0 Å². The molecule has 1 amide bonds. The van der Waals surface area contributed by atoms with Crippen molar-refractivity contribution in [2.75, 3.05) is 0 Å². The summed E-state index contributed by atoms with van der Waals surface area (Å²) in [6, 6.07) is 12.7.